The Morgan fingerprint density at radius 3 is 2.72 bits per heavy atom. The van der Waals surface area contributed by atoms with Gasteiger partial charge in [0.1, 0.15) is 6.17 Å². The van der Waals surface area contributed by atoms with Gasteiger partial charge in [0.05, 0.1) is 11.9 Å². The number of halogens is 1. The predicted octanol–water partition coefficient (Wildman–Crippen LogP) is 4.81. The molecule has 1 aliphatic rings. The highest BCUT2D eigenvalue weighted by atomic mass is 35.5. The summed E-state index contributed by atoms with van der Waals surface area (Å²) >= 11 is 6.25. The summed E-state index contributed by atoms with van der Waals surface area (Å²) in [6.45, 7) is 1.96. The van der Waals surface area contributed by atoms with Gasteiger partial charge < -0.3 is 5.32 Å². The zero-order valence-electron chi connectivity index (χ0n) is 13.6. The second-order valence-corrected chi connectivity index (χ2v) is 6.39. The van der Waals surface area contributed by atoms with E-state index in [1.807, 2.05) is 61.5 Å². The van der Waals surface area contributed by atoms with Crippen LogP contribution in [-0.4, -0.2) is 10.9 Å². The van der Waals surface area contributed by atoms with E-state index in [0.29, 0.717) is 10.6 Å². The Labute approximate surface area is 151 Å². The standard InChI is InChI=1S/C20H16ClN3O/c1-13-8-9-14(11-18(13)21)23-19-16-6-2-3-7-17(16)20(25)24(19)15-5-4-10-22-12-15/h2-12,19,23H,1H3. The molecule has 3 aromatic rings. The number of hydrogen-bond donors (Lipinski definition) is 1. The zero-order valence-corrected chi connectivity index (χ0v) is 14.4. The molecular formula is C20H16ClN3O. The van der Waals surface area contributed by atoms with Gasteiger partial charge in [-0.3, -0.25) is 14.7 Å². The molecule has 1 amide bonds. The van der Waals surface area contributed by atoms with Crippen molar-refractivity contribution in [3.05, 3.63) is 88.7 Å². The second kappa shape index (κ2) is 6.22. The second-order valence-electron chi connectivity index (χ2n) is 5.98. The monoisotopic (exact) mass is 349 g/mol. The van der Waals surface area contributed by atoms with E-state index in [1.54, 1.807) is 17.3 Å². The molecule has 2 heterocycles. The number of amides is 1. The lowest BCUT2D eigenvalue weighted by molar-refractivity contribution is 0.0993. The Hall–Kier alpha value is -2.85. The van der Waals surface area contributed by atoms with Crippen molar-refractivity contribution >= 4 is 28.9 Å². The number of aromatic nitrogens is 1. The minimum atomic E-state index is -0.313. The van der Waals surface area contributed by atoms with Gasteiger partial charge in [-0.15, -0.1) is 0 Å². The van der Waals surface area contributed by atoms with E-state index in [0.717, 1.165) is 22.5 Å². The van der Waals surface area contributed by atoms with Crippen LogP contribution in [0.5, 0.6) is 0 Å². The minimum absolute atomic E-state index is 0.0423. The van der Waals surface area contributed by atoms with Crippen LogP contribution in [0.15, 0.2) is 67.0 Å². The highest BCUT2D eigenvalue weighted by Gasteiger charge is 2.37. The number of rotatable bonds is 3. The van der Waals surface area contributed by atoms with Crippen molar-refractivity contribution in [2.45, 2.75) is 13.1 Å². The number of pyridine rings is 1. The molecular weight excluding hydrogens is 334 g/mol. The Morgan fingerprint density at radius 1 is 1.12 bits per heavy atom. The van der Waals surface area contributed by atoms with Gasteiger partial charge in [-0.1, -0.05) is 35.9 Å². The first-order chi connectivity index (χ1) is 12.1. The number of anilines is 2. The molecule has 2 aromatic carbocycles. The fourth-order valence-electron chi connectivity index (χ4n) is 3.06. The lowest BCUT2D eigenvalue weighted by Crippen LogP contribution is -2.32. The van der Waals surface area contributed by atoms with Crippen LogP contribution in [0, 0.1) is 6.92 Å². The first-order valence-corrected chi connectivity index (χ1v) is 8.38. The molecule has 0 saturated carbocycles. The molecule has 1 N–H and O–H groups in total. The lowest BCUT2D eigenvalue weighted by Gasteiger charge is -2.27. The average molecular weight is 350 g/mol. The van der Waals surface area contributed by atoms with Crippen LogP contribution in [0.1, 0.15) is 27.7 Å². The molecule has 1 aromatic heterocycles. The van der Waals surface area contributed by atoms with Crippen molar-refractivity contribution in [2.24, 2.45) is 0 Å². The summed E-state index contributed by atoms with van der Waals surface area (Å²) in [6, 6.07) is 17.2. The summed E-state index contributed by atoms with van der Waals surface area (Å²) in [5.41, 5.74) is 4.26. The van der Waals surface area contributed by atoms with Crippen LogP contribution in [0.3, 0.4) is 0 Å². The van der Waals surface area contributed by atoms with Crippen molar-refractivity contribution in [2.75, 3.05) is 10.2 Å². The minimum Gasteiger partial charge on any atom is -0.361 e. The van der Waals surface area contributed by atoms with Gasteiger partial charge in [-0.25, -0.2) is 0 Å². The molecule has 0 fully saturated rings. The molecule has 124 valence electrons. The summed E-state index contributed by atoms with van der Waals surface area (Å²) in [5, 5.41) is 4.13. The van der Waals surface area contributed by atoms with E-state index >= 15 is 0 Å². The SMILES string of the molecule is Cc1ccc(NC2c3ccccc3C(=O)N2c2cccnc2)cc1Cl. The van der Waals surface area contributed by atoms with Gasteiger partial charge in [0.15, 0.2) is 0 Å². The van der Waals surface area contributed by atoms with Crippen LogP contribution in [0.25, 0.3) is 0 Å². The van der Waals surface area contributed by atoms with E-state index in [4.69, 9.17) is 11.6 Å². The van der Waals surface area contributed by atoms with Gasteiger partial charge in [0.25, 0.3) is 5.91 Å². The third-order valence-electron chi connectivity index (χ3n) is 4.36. The van der Waals surface area contributed by atoms with Crippen molar-refractivity contribution in [1.29, 1.82) is 0 Å². The van der Waals surface area contributed by atoms with Crippen LogP contribution < -0.4 is 10.2 Å². The average Bonchev–Trinajstić information content (AvgIpc) is 2.91. The maximum absolute atomic E-state index is 13.0. The highest BCUT2D eigenvalue weighted by molar-refractivity contribution is 6.31. The predicted molar refractivity (Wildman–Crippen MR) is 100 cm³/mol. The summed E-state index contributed by atoms with van der Waals surface area (Å²) in [6.07, 6.45) is 3.08. The fourth-order valence-corrected chi connectivity index (χ4v) is 3.24. The van der Waals surface area contributed by atoms with E-state index in [9.17, 15) is 4.79 Å². The number of hydrogen-bond acceptors (Lipinski definition) is 3. The Bertz CT molecular complexity index is 943. The number of nitrogens with one attached hydrogen (secondary N) is 1. The van der Waals surface area contributed by atoms with Gasteiger partial charge in [0.2, 0.25) is 0 Å². The first-order valence-electron chi connectivity index (χ1n) is 8.00. The van der Waals surface area contributed by atoms with Crippen LogP contribution in [0.2, 0.25) is 5.02 Å². The van der Waals surface area contributed by atoms with Crippen molar-refractivity contribution in [3.63, 3.8) is 0 Å². The molecule has 0 radical (unpaired) electrons. The third-order valence-corrected chi connectivity index (χ3v) is 4.77. The maximum atomic E-state index is 13.0. The molecule has 1 atom stereocenters. The van der Waals surface area contributed by atoms with E-state index in [1.165, 1.54) is 0 Å². The summed E-state index contributed by atoms with van der Waals surface area (Å²) in [5.74, 6) is -0.0423. The summed E-state index contributed by atoms with van der Waals surface area (Å²) in [4.78, 5) is 18.8. The number of benzene rings is 2. The largest absolute Gasteiger partial charge is 0.361 e. The number of nitrogens with zero attached hydrogens (tertiary/aromatic N) is 2. The Balaban J connectivity index is 1.78. The smallest absolute Gasteiger partial charge is 0.260 e. The van der Waals surface area contributed by atoms with Gasteiger partial charge in [-0.2, -0.15) is 0 Å². The Morgan fingerprint density at radius 2 is 1.96 bits per heavy atom. The fraction of sp³-hybridized carbons (Fsp3) is 0.100. The zero-order chi connectivity index (χ0) is 17.4. The number of fused-ring (bicyclic) bond motifs is 1. The Kier molecular flexibility index (Phi) is 3.90. The molecule has 0 aliphatic carbocycles. The molecule has 1 aliphatic heterocycles. The van der Waals surface area contributed by atoms with E-state index < -0.39 is 0 Å². The molecule has 0 saturated heterocycles. The van der Waals surface area contributed by atoms with Crippen LogP contribution in [-0.2, 0) is 0 Å². The van der Waals surface area contributed by atoms with Crippen LogP contribution in [0.4, 0.5) is 11.4 Å². The number of carbonyl (C=O) groups is 1. The van der Waals surface area contributed by atoms with E-state index in [2.05, 4.69) is 10.3 Å². The maximum Gasteiger partial charge on any atom is 0.260 e. The van der Waals surface area contributed by atoms with Crippen LogP contribution >= 0.6 is 11.6 Å². The highest BCUT2D eigenvalue weighted by Crippen LogP contribution is 2.38. The van der Waals surface area contributed by atoms with Gasteiger partial charge >= 0.3 is 0 Å². The summed E-state index contributed by atoms with van der Waals surface area (Å²) in [7, 11) is 0. The summed E-state index contributed by atoms with van der Waals surface area (Å²) < 4.78 is 0. The normalized spacial score (nSPS) is 16.0. The molecule has 1 unspecified atom stereocenters. The molecule has 25 heavy (non-hydrogen) atoms. The molecule has 5 heteroatoms. The molecule has 0 spiro atoms. The first kappa shape index (κ1) is 15.7. The lowest BCUT2D eigenvalue weighted by atomic mass is 10.1. The van der Waals surface area contributed by atoms with Crippen molar-refractivity contribution < 1.29 is 4.79 Å². The topological polar surface area (TPSA) is 45.2 Å². The van der Waals surface area contributed by atoms with Crippen molar-refractivity contribution in [3.8, 4) is 0 Å². The quantitative estimate of drug-likeness (QED) is 0.737. The number of carbonyl (C=O) groups excluding carboxylic acids is 1. The van der Waals surface area contributed by atoms with Gasteiger partial charge in [0, 0.05) is 28.0 Å². The van der Waals surface area contributed by atoms with E-state index in [-0.39, 0.29) is 12.1 Å². The molecule has 0 bridgehead atoms. The molecule has 4 rings (SSSR count). The van der Waals surface area contributed by atoms with Crippen molar-refractivity contribution in [1.82, 2.24) is 4.98 Å². The molecule has 4 nitrogen and oxygen atoms in total. The number of aryl methyl sites for hydroxylation is 1. The van der Waals surface area contributed by atoms with Gasteiger partial charge in [-0.05, 0) is 42.8 Å². The third kappa shape index (κ3) is 2.75.